The van der Waals surface area contributed by atoms with Crippen molar-refractivity contribution < 1.29 is 14.1 Å². The minimum Gasteiger partial charge on any atom is -0.454 e. The van der Waals surface area contributed by atoms with Gasteiger partial charge in [0.2, 0.25) is 6.33 Å². The second-order valence-corrected chi connectivity index (χ2v) is 3.75. The number of aryl methyl sites for hydroxylation is 2. The van der Waals surface area contributed by atoms with E-state index in [0.717, 1.165) is 18.7 Å². The van der Waals surface area contributed by atoms with Crippen LogP contribution in [0.2, 0.25) is 0 Å². The van der Waals surface area contributed by atoms with E-state index < -0.39 is 0 Å². The number of rotatable bonds is 6. The van der Waals surface area contributed by atoms with Gasteiger partial charge in [0.05, 0.1) is 13.6 Å². The first-order chi connectivity index (χ1) is 7.67. The quantitative estimate of drug-likeness (QED) is 0.414. The van der Waals surface area contributed by atoms with Crippen LogP contribution in [-0.2, 0) is 29.7 Å². The topological polar surface area (TPSA) is 35.1 Å². The molecule has 0 N–H and O–H groups in total. The smallest absolute Gasteiger partial charge is 0.330 e. The molecule has 1 rings (SSSR count). The van der Waals surface area contributed by atoms with E-state index in [0.29, 0.717) is 6.61 Å². The highest BCUT2D eigenvalue weighted by Gasteiger charge is 2.11. The molecular weight excluding hydrogens is 204 g/mol. The van der Waals surface area contributed by atoms with Crippen molar-refractivity contribution in [2.45, 2.75) is 32.9 Å². The van der Waals surface area contributed by atoms with Crippen LogP contribution in [0.25, 0.3) is 0 Å². The third-order valence-corrected chi connectivity index (χ3v) is 2.39. The molecule has 88 valence electrons. The largest absolute Gasteiger partial charge is 0.454 e. The maximum Gasteiger partial charge on any atom is 0.330 e. The summed E-state index contributed by atoms with van der Waals surface area (Å²) in [7, 11) is 1.94. The van der Waals surface area contributed by atoms with Crippen LogP contribution >= 0.6 is 0 Å². The number of aromatic nitrogens is 2. The summed E-state index contributed by atoms with van der Waals surface area (Å²) in [6, 6.07) is 0. The second kappa shape index (κ2) is 6.10. The molecule has 1 heterocycles. The Kier molecular flexibility index (Phi) is 4.76. The van der Waals surface area contributed by atoms with Crippen molar-refractivity contribution in [3.63, 3.8) is 0 Å². The van der Waals surface area contributed by atoms with Crippen LogP contribution in [0.5, 0.6) is 0 Å². The summed E-state index contributed by atoms with van der Waals surface area (Å²) in [4.78, 5) is 10.9. The van der Waals surface area contributed by atoms with Gasteiger partial charge in [-0.25, -0.2) is 13.9 Å². The van der Waals surface area contributed by atoms with Gasteiger partial charge in [0, 0.05) is 6.08 Å². The predicted octanol–water partition coefficient (Wildman–Crippen LogP) is 1.34. The fourth-order valence-corrected chi connectivity index (χ4v) is 1.42. The number of imidazole rings is 1. The van der Waals surface area contributed by atoms with Gasteiger partial charge in [0.25, 0.3) is 0 Å². The molecule has 0 amide bonds. The Morgan fingerprint density at radius 2 is 2.44 bits per heavy atom. The number of carbonyl (C=O) groups excluding carboxylic acids is 1. The number of nitrogens with zero attached hydrogens (tertiary/aromatic N) is 2. The van der Waals surface area contributed by atoms with Crippen LogP contribution < -0.4 is 4.57 Å². The summed E-state index contributed by atoms with van der Waals surface area (Å²) in [5.74, 6) is -0.388. The fourth-order valence-electron chi connectivity index (χ4n) is 1.42. The zero-order valence-corrected chi connectivity index (χ0v) is 9.98. The minimum atomic E-state index is -0.388. The molecule has 0 aliphatic heterocycles. The molecule has 4 heteroatoms. The van der Waals surface area contributed by atoms with Crippen molar-refractivity contribution >= 4 is 5.97 Å². The summed E-state index contributed by atoms with van der Waals surface area (Å²) in [6.45, 7) is 6.81. The van der Waals surface area contributed by atoms with E-state index in [2.05, 4.69) is 18.1 Å². The van der Waals surface area contributed by atoms with Crippen LogP contribution in [0.15, 0.2) is 25.2 Å². The Bertz CT molecular complexity index is 369. The molecule has 1 aromatic rings. The molecule has 1 aromatic heterocycles. The average Bonchev–Trinajstić information content (AvgIpc) is 2.64. The lowest BCUT2D eigenvalue weighted by Crippen LogP contribution is -2.30. The summed E-state index contributed by atoms with van der Waals surface area (Å²) in [6.07, 6.45) is 7.51. The highest BCUT2D eigenvalue weighted by molar-refractivity contribution is 5.81. The third kappa shape index (κ3) is 3.53. The Labute approximate surface area is 96.2 Å². The van der Waals surface area contributed by atoms with Crippen LogP contribution in [-0.4, -0.2) is 10.5 Å². The maximum atomic E-state index is 10.9. The molecule has 0 saturated heterocycles. The van der Waals surface area contributed by atoms with Gasteiger partial charge >= 0.3 is 5.97 Å². The van der Waals surface area contributed by atoms with Gasteiger partial charge in [0.1, 0.15) is 6.20 Å². The molecule has 0 radical (unpaired) electrons. The molecule has 0 fully saturated rings. The molecule has 0 spiro atoms. The monoisotopic (exact) mass is 223 g/mol. The molecule has 0 aliphatic rings. The third-order valence-electron chi connectivity index (χ3n) is 2.39. The van der Waals surface area contributed by atoms with Crippen molar-refractivity contribution in [3.05, 3.63) is 30.9 Å². The summed E-state index contributed by atoms with van der Waals surface area (Å²) >= 11 is 0. The van der Waals surface area contributed by atoms with Crippen LogP contribution in [0.1, 0.15) is 25.5 Å². The maximum absolute atomic E-state index is 10.9. The average molecular weight is 223 g/mol. The molecule has 0 unspecified atom stereocenters. The molecule has 0 saturated carbocycles. The van der Waals surface area contributed by atoms with Crippen molar-refractivity contribution in [2.24, 2.45) is 7.05 Å². The summed E-state index contributed by atoms with van der Waals surface area (Å²) in [5, 5.41) is 0. The second-order valence-electron chi connectivity index (χ2n) is 3.75. The zero-order chi connectivity index (χ0) is 12.0. The van der Waals surface area contributed by atoms with Gasteiger partial charge in [-0.1, -0.05) is 19.9 Å². The SMILES string of the molecule is C=CC(=O)OCc1c[n+](CCCC)cn1C. The van der Waals surface area contributed by atoms with Gasteiger partial charge < -0.3 is 4.74 Å². The first-order valence-corrected chi connectivity index (χ1v) is 5.50. The lowest BCUT2D eigenvalue weighted by atomic mass is 10.3. The van der Waals surface area contributed by atoms with Crippen molar-refractivity contribution in [1.29, 1.82) is 0 Å². The number of esters is 1. The van der Waals surface area contributed by atoms with E-state index in [1.54, 1.807) is 0 Å². The zero-order valence-electron chi connectivity index (χ0n) is 9.98. The summed E-state index contributed by atoms with van der Waals surface area (Å²) in [5.41, 5.74) is 0.978. The van der Waals surface area contributed by atoms with E-state index in [-0.39, 0.29) is 5.97 Å². The lowest BCUT2D eigenvalue weighted by molar-refractivity contribution is -0.697. The Morgan fingerprint density at radius 1 is 1.69 bits per heavy atom. The van der Waals surface area contributed by atoms with Gasteiger partial charge in [-0.05, 0) is 6.42 Å². The molecule has 0 bridgehead atoms. The van der Waals surface area contributed by atoms with E-state index in [1.165, 1.54) is 12.5 Å². The van der Waals surface area contributed by atoms with Crippen LogP contribution in [0.3, 0.4) is 0 Å². The molecular formula is C12H19N2O2+. The Morgan fingerprint density at radius 3 is 3.06 bits per heavy atom. The molecule has 16 heavy (non-hydrogen) atoms. The van der Waals surface area contributed by atoms with Gasteiger partial charge in [-0.3, -0.25) is 0 Å². The van der Waals surface area contributed by atoms with E-state index in [4.69, 9.17) is 4.74 Å². The number of hydrogen-bond donors (Lipinski definition) is 0. The minimum absolute atomic E-state index is 0.292. The van der Waals surface area contributed by atoms with Gasteiger partial charge in [-0.15, -0.1) is 0 Å². The van der Waals surface area contributed by atoms with Crippen molar-refractivity contribution in [3.8, 4) is 0 Å². The van der Waals surface area contributed by atoms with Crippen LogP contribution in [0, 0.1) is 0 Å². The first-order valence-electron chi connectivity index (χ1n) is 5.50. The van der Waals surface area contributed by atoms with Crippen LogP contribution in [0.4, 0.5) is 0 Å². The Balaban J connectivity index is 2.55. The fraction of sp³-hybridized carbons (Fsp3) is 0.500. The standard InChI is InChI=1S/C12H19N2O2/c1-4-6-7-14-8-11(13(3)10-14)9-16-12(15)5-2/h5,8,10H,2,4,6-7,9H2,1,3H3/q+1. The Hall–Kier alpha value is -1.58. The highest BCUT2D eigenvalue weighted by atomic mass is 16.5. The van der Waals surface area contributed by atoms with Crippen molar-refractivity contribution in [1.82, 2.24) is 4.57 Å². The molecule has 0 aliphatic carbocycles. The molecule has 0 atom stereocenters. The van der Waals surface area contributed by atoms with Gasteiger partial charge in [-0.2, -0.15) is 0 Å². The predicted molar refractivity (Wildman–Crippen MR) is 60.5 cm³/mol. The van der Waals surface area contributed by atoms with E-state index in [1.807, 2.05) is 24.1 Å². The normalized spacial score (nSPS) is 10.1. The number of hydrogen-bond acceptors (Lipinski definition) is 2. The van der Waals surface area contributed by atoms with E-state index in [9.17, 15) is 4.79 Å². The van der Waals surface area contributed by atoms with Gasteiger partial charge in [0.15, 0.2) is 12.3 Å². The first kappa shape index (κ1) is 12.5. The highest BCUT2D eigenvalue weighted by Crippen LogP contribution is 1.99. The number of carbonyl (C=O) groups is 1. The number of unbranched alkanes of at least 4 members (excludes halogenated alkanes) is 1. The van der Waals surface area contributed by atoms with E-state index >= 15 is 0 Å². The van der Waals surface area contributed by atoms with Crippen molar-refractivity contribution in [2.75, 3.05) is 0 Å². The molecule has 4 nitrogen and oxygen atoms in total. The lowest BCUT2D eigenvalue weighted by Gasteiger charge is -1.97. The number of ether oxygens (including phenoxy) is 1. The summed E-state index contributed by atoms with van der Waals surface area (Å²) < 4.78 is 9.06. The molecule has 0 aromatic carbocycles.